The Labute approximate surface area is 87.4 Å². The zero-order valence-corrected chi connectivity index (χ0v) is 9.47. The lowest BCUT2D eigenvalue weighted by molar-refractivity contribution is 0.0801. The quantitative estimate of drug-likeness (QED) is 0.523. The molecule has 2 N–H and O–H groups in total. The van der Waals surface area contributed by atoms with E-state index in [1.807, 2.05) is 13.8 Å². The smallest absolute Gasteiger partial charge is 0.0715 e. The highest BCUT2D eigenvalue weighted by molar-refractivity contribution is 5.05. The predicted molar refractivity (Wildman–Crippen MR) is 60.3 cm³/mol. The Bertz CT molecular complexity index is 191. The molecule has 14 heavy (non-hydrogen) atoms. The van der Waals surface area contributed by atoms with Crippen LogP contribution in [0.5, 0.6) is 0 Å². The first-order valence-corrected chi connectivity index (χ1v) is 5.69. The van der Waals surface area contributed by atoms with E-state index in [1.54, 1.807) is 5.57 Å². The van der Waals surface area contributed by atoms with Gasteiger partial charge in [0.1, 0.15) is 0 Å². The number of rotatable bonds is 5. The zero-order chi connectivity index (χ0) is 10.4. The molecule has 0 saturated heterocycles. The zero-order valence-electron chi connectivity index (χ0n) is 9.47. The SMILES string of the molecule is CC(C)(O)CNCCC1=CCCCC1. The van der Waals surface area contributed by atoms with Crippen LogP contribution in [0.4, 0.5) is 0 Å². The molecule has 0 aromatic rings. The summed E-state index contributed by atoms with van der Waals surface area (Å²) in [4.78, 5) is 0. The topological polar surface area (TPSA) is 32.3 Å². The van der Waals surface area contributed by atoms with Gasteiger partial charge in [0, 0.05) is 6.54 Å². The monoisotopic (exact) mass is 197 g/mol. The Balaban J connectivity index is 2.06. The number of hydrogen-bond donors (Lipinski definition) is 2. The van der Waals surface area contributed by atoms with Gasteiger partial charge in [0.2, 0.25) is 0 Å². The van der Waals surface area contributed by atoms with E-state index in [9.17, 15) is 5.11 Å². The maximum atomic E-state index is 9.48. The van der Waals surface area contributed by atoms with Crippen molar-refractivity contribution < 1.29 is 5.11 Å². The van der Waals surface area contributed by atoms with Crippen LogP contribution < -0.4 is 5.32 Å². The third kappa shape index (κ3) is 5.40. The summed E-state index contributed by atoms with van der Waals surface area (Å²) in [5.74, 6) is 0. The van der Waals surface area contributed by atoms with Crippen LogP contribution in [0.25, 0.3) is 0 Å². The molecule has 0 radical (unpaired) electrons. The maximum absolute atomic E-state index is 9.48. The summed E-state index contributed by atoms with van der Waals surface area (Å²) in [6.45, 7) is 5.34. The van der Waals surface area contributed by atoms with Crippen LogP contribution in [-0.4, -0.2) is 23.8 Å². The van der Waals surface area contributed by atoms with Crippen LogP contribution in [0, 0.1) is 0 Å². The van der Waals surface area contributed by atoms with Crippen LogP contribution in [-0.2, 0) is 0 Å². The molecule has 0 fully saturated rings. The summed E-state index contributed by atoms with van der Waals surface area (Å²) in [6, 6.07) is 0. The maximum Gasteiger partial charge on any atom is 0.0715 e. The molecule has 0 heterocycles. The second kappa shape index (κ2) is 5.52. The van der Waals surface area contributed by atoms with Crippen molar-refractivity contribution in [3.05, 3.63) is 11.6 Å². The Morgan fingerprint density at radius 3 is 2.79 bits per heavy atom. The third-order valence-electron chi connectivity index (χ3n) is 2.57. The average Bonchev–Trinajstić information content (AvgIpc) is 2.13. The molecule has 2 heteroatoms. The summed E-state index contributed by atoms with van der Waals surface area (Å²) < 4.78 is 0. The van der Waals surface area contributed by atoms with E-state index in [0.717, 1.165) is 13.0 Å². The molecular formula is C12H23NO. The Hall–Kier alpha value is -0.340. The fourth-order valence-electron chi connectivity index (χ4n) is 1.77. The summed E-state index contributed by atoms with van der Waals surface area (Å²) in [6.07, 6.45) is 8.80. The van der Waals surface area contributed by atoms with Gasteiger partial charge in [-0.1, -0.05) is 11.6 Å². The van der Waals surface area contributed by atoms with E-state index in [2.05, 4.69) is 11.4 Å². The second-order valence-corrected chi connectivity index (χ2v) is 4.85. The molecule has 0 aromatic carbocycles. The fraction of sp³-hybridized carbons (Fsp3) is 0.833. The molecule has 1 aliphatic carbocycles. The van der Waals surface area contributed by atoms with Gasteiger partial charge >= 0.3 is 0 Å². The second-order valence-electron chi connectivity index (χ2n) is 4.85. The molecule has 0 amide bonds. The van der Waals surface area contributed by atoms with Crippen LogP contribution >= 0.6 is 0 Å². The van der Waals surface area contributed by atoms with Crippen LogP contribution in [0.3, 0.4) is 0 Å². The minimum Gasteiger partial charge on any atom is -0.389 e. The van der Waals surface area contributed by atoms with Gasteiger partial charge < -0.3 is 10.4 Å². The minimum atomic E-state index is -0.582. The average molecular weight is 197 g/mol. The molecule has 0 atom stereocenters. The van der Waals surface area contributed by atoms with Gasteiger partial charge in [-0.25, -0.2) is 0 Å². The van der Waals surface area contributed by atoms with Gasteiger partial charge in [-0.3, -0.25) is 0 Å². The first-order valence-electron chi connectivity index (χ1n) is 5.69. The molecule has 0 aromatic heterocycles. The largest absolute Gasteiger partial charge is 0.389 e. The van der Waals surface area contributed by atoms with Crippen LogP contribution in [0.2, 0.25) is 0 Å². The van der Waals surface area contributed by atoms with E-state index in [0.29, 0.717) is 6.54 Å². The number of hydrogen-bond acceptors (Lipinski definition) is 2. The molecule has 82 valence electrons. The Morgan fingerprint density at radius 2 is 2.21 bits per heavy atom. The fourth-order valence-corrected chi connectivity index (χ4v) is 1.77. The molecule has 2 nitrogen and oxygen atoms in total. The van der Waals surface area contributed by atoms with Gasteiger partial charge in [0.15, 0.2) is 0 Å². The van der Waals surface area contributed by atoms with Crippen molar-refractivity contribution in [3.8, 4) is 0 Å². The van der Waals surface area contributed by atoms with E-state index in [4.69, 9.17) is 0 Å². The lowest BCUT2D eigenvalue weighted by Crippen LogP contribution is -2.35. The Morgan fingerprint density at radius 1 is 1.43 bits per heavy atom. The summed E-state index contributed by atoms with van der Waals surface area (Å²) in [5, 5.41) is 12.8. The summed E-state index contributed by atoms with van der Waals surface area (Å²) >= 11 is 0. The van der Waals surface area contributed by atoms with Crippen molar-refractivity contribution in [2.24, 2.45) is 0 Å². The van der Waals surface area contributed by atoms with Crippen LogP contribution in [0.1, 0.15) is 46.0 Å². The standard InChI is InChI=1S/C12H23NO/c1-12(2,14)10-13-9-8-11-6-4-3-5-7-11/h6,13-14H,3-5,7-10H2,1-2H3. The molecule has 0 spiro atoms. The van der Waals surface area contributed by atoms with E-state index in [-0.39, 0.29) is 0 Å². The van der Waals surface area contributed by atoms with Gasteiger partial charge in [0.25, 0.3) is 0 Å². The predicted octanol–water partition coefficient (Wildman–Crippen LogP) is 2.24. The van der Waals surface area contributed by atoms with Crippen molar-refractivity contribution in [2.75, 3.05) is 13.1 Å². The van der Waals surface area contributed by atoms with Crippen molar-refractivity contribution in [1.82, 2.24) is 5.32 Å². The molecule has 0 unspecified atom stereocenters. The highest BCUT2D eigenvalue weighted by atomic mass is 16.3. The molecular weight excluding hydrogens is 174 g/mol. The molecule has 0 saturated carbocycles. The van der Waals surface area contributed by atoms with E-state index < -0.39 is 5.60 Å². The van der Waals surface area contributed by atoms with Gasteiger partial charge in [-0.05, 0) is 52.5 Å². The van der Waals surface area contributed by atoms with Crippen molar-refractivity contribution >= 4 is 0 Å². The van der Waals surface area contributed by atoms with Gasteiger partial charge in [0.05, 0.1) is 5.60 Å². The van der Waals surface area contributed by atoms with Crippen molar-refractivity contribution in [1.29, 1.82) is 0 Å². The summed E-state index contributed by atoms with van der Waals surface area (Å²) in [5.41, 5.74) is 1.01. The highest BCUT2D eigenvalue weighted by Gasteiger charge is 2.11. The Kier molecular flexibility index (Phi) is 4.63. The summed E-state index contributed by atoms with van der Waals surface area (Å²) in [7, 11) is 0. The normalized spacial score (nSPS) is 18.1. The number of aliphatic hydroxyl groups is 1. The van der Waals surface area contributed by atoms with E-state index in [1.165, 1.54) is 25.7 Å². The van der Waals surface area contributed by atoms with Gasteiger partial charge in [-0.2, -0.15) is 0 Å². The lowest BCUT2D eigenvalue weighted by Gasteiger charge is -2.18. The van der Waals surface area contributed by atoms with Crippen molar-refractivity contribution in [2.45, 2.75) is 51.6 Å². The first-order chi connectivity index (χ1) is 6.58. The van der Waals surface area contributed by atoms with Crippen molar-refractivity contribution in [3.63, 3.8) is 0 Å². The van der Waals surface area contributed by atoms with E-state index >= 15 is 0 Å². The molecule has 1 rings (SSSR count). The molecule has 1 aliphatic rings. The lowest BCUT2D eigenvalue weighted by atomic mass is 9.97. The van der Waals surface area contributed by atoms with Crippen LogP contribution in [0.15, 0.2) is 11.6 Å². The highest BCUT2D eigenvalue weighted by Crippen LogP contribution is 2.19. The number of nitrogens with one attached hydrogen (secondary N) is 1. The number of allylic oxidation sites excluding steroid dienone is 1. The first kappa shape index (κ1) is 11.7. The molecule has 0 aliphatic heterocycles. The third-order valence-corrected chi connectivity index (χ3v) is 2.57. The molecule has 0 bridgehead atoms. The van der Waals surface area contributed by atoms with Gasteiger partial charge in [-0.15, -0.1) is 0 Å². The minimum absolute atomic E-state index is 0.582.